The van der Waals surface area contributed by atoms with Crippen molar-refractivity contribution in [1.82, 2.24) is 0 Å². The summed E-state index contributed by atoms with van der Waals surface area (Å²) in [6.07, 6.45) is -0.667. The number of nitrogens with two attached hydrogens (primary N) is 1. The van der Waals surface area contributed by atoms with E-state index in [1.165, 1.54) is 23.1 Å². The Hall–Kier alpha value is -2.17. The van der Waals surface area contributed by atoms with Crippen LogP contribution >= 0.6 is 15.9 Å². The number of alkyl halides is 2. The molecule has 2 N–H and O–H groups in total. The number of hydrogen-bond donors (Lipinski definition) is 1. The van der Waals surface area contributed by atoms with Gasteiger partial charge in [-0.1, -0.05) is 28.1 Å². The van der Waals surface area contributed by atoms with Crippen LogP contribution in [0.25, 0.3) is 0 Å². The van der Waals surface area contributed by atoms with Gasteiger partial charge in [0.15, 0.2) is 15.6 Å². The number of carbonyl (C=O) groups is 2. The van der Waals surface area contributed by atoms with Crippen molar-refractivity contribution in [3.8, 4) is 0 Å². The lowest BCUT2D eigenvalue weighted by Gasteiger charge is -2.24. The highest BCUT2D eigenvalue weighted by atomic mass is 79.9. The number of rotatable bonds is 5. The Balaban J connectivity index is 1.75. The molecule has 6 nitrogen and oxygen atoms in total. The summed E-state index contributed by atoms with van der Waals surface area (Å²) in [6, 6.07) is 9.69. The van der Waals surface area contributed by atoms with Gasteiger partial charge in [0.25, 0.3) is 5.92 Å². The molecule has 4 rings (SSSR count). The van der Waals surface area contributed by atoms with Crippen LogP contribution in [0.5, 0.6) is 0 Å². The van der Waals surface area contributed by atoms with Crippen LogP contribution < -0.4 is 10.6 Å². The first-order chi connectivity index (χ1) is 14.5. The molecule has 0 bridgehead atoms. The molecule has 1 amide bonds. The summed E-state index contributed by atoms with van der Waals surface area (Å²) in [6.45, 7) is 0.0423. The van der Waals surface area contributed by atoms with Gasteiger partial charge in [-0.25, -0.2) is 17.2 Å². The minimum atomic E-state index is -3.89. The number of hydrogen-bond acceptors (Lipinski definition) is 5. The molecule has 0 radical (unpaired) electrons. The fraction of sp³-hybridized carbons (Fsp3) is 0.333. The number of nitrogens with zero attached hydrogens (tertiary/aromatic N) is 1. The number of Topliss-reactive ketones (excluding diaryl/α,β-unsaturated/α-hetero) is 1. The van der Waals surface area contributed by atoms with Gasteiger partial charge in [0.2, 0.25) is 5.91 Å². The molecule has 2 aliphatic rings. The molecule has 10 heteroatoms. The van der Waals surface area contributed by atoms with E-state index in [1.807, 2.05) is 0 Å². The monoisotopic (exact) mass is 512 g/mol. The summed E-state index contributed by atoms with van der Waals surface area (Å²) in [5, 5.41) is 0. The van der Waals surface area contributed by atoms with E-state index in [1.54, 1.807) is 24.3 Å². The van der Waals surface area contributed by atoms with Crippen molar-refractivity contribution in [2.24, 2.45) is 11.7 Å². The number of anilines is 1. The largest absolute Gasteiger partial charge is 0.319 e. The molecule has 31 heavy (non-hydrogen) atoms. The van der Waals surface area contributed by atoms with Gasteiger partial charge >= 0.3 is 0 Å². The second-order valence-corrected chi connectivity index (χ2v) is 10.8. The highest BCUT2D eigenvalue weighted by Gasteiger charge is 2.57. The summed E-state index contributed by atoms with van der Waals surface area (Å²) < 4.78 is 52.9. The van der Waals surface area contributed by atoms with E-state index in [0.29, 0.717) is 0 Å². The summed E-state index contributed by atoms with van der Waals surface area (Å²) in [7, 11) is -3.89. The molecule has 1 aliphatic heterocycles. The quantitative estimate of drug-likeness (QED) is 0.619. The van der Waals surface area contributed by atoms with Crippen molar-refractivity contribution in [1.29, 1.82) is 0 Å². The Bertz CT molecular complexity index is 1170. The molecular weight excluding hydrogens is 494 g/mol. The van der Waals surface area contributed by atoms with Crippen molar-refractivity contribution in [3.05, 3.63) is 58.1 Å². The highest BCUT2D eigenvalue weighted by molar-refractivity contribution is 9.10. The molecule has 2 aromatic carbocycles. The van der Waals surface area contributed by atoms with Crippen molar-refractivity contribution < 1.29 is 26.8 Å². The maximum absolute atomic E-state index is 13.2. The molecular formula is C21H19BrF2N2O4S. The molecule has 1 fully saturated rings. The van der Waals surface area contributed by atoms with E-state index in [4.69, 9.17) is 5.73 Å². The molecule has 2 atom stereocenters. The first-order valence-electron chi connectivity index (χ1n) is 9.57. The number of amides is 1. The van der Waals surface area contributed by atoms with Crippen LogP contribution in [-0.2, 0) is 21.2 Å². The standard InChI is InChI=1S/C21H19BrF2N2O4S/c22-15-4-1-12(2-5-15)10-26-17-7-13(18(27)8-14-9-21(14,23)24)3-6-19(17)31(29,30)11-16(25)20(26)28/h1-7,14,16H,8-11,25H2/t14?,16-/m0/s1. The lowest BCUT2D eigenvalue weighted by molar-refractivity contribution is -0.119. The second-order valence-electron chi connectivity index (χ2n) is 7.91. The normalized spacial score (nSPS) is 23.7. The van der Waals surface area contributed by atoms with E-state index in [-0.39, 0.29) is 35.5 Å². The number of halogens is 3. The van der Waals surface area contributed by atoms with E-state index in [0.717, 1.165) is 10.0 Å². The molecule has 2 aromatic rings. The maximum Gasteiger partial charge on any atom is 0.252 e. The summed E-state index contributed by atoms with van der Waals surface area (Å²) in [5.41, 5.74) is 6.72. The molecule has 1 saturated carbocycles. The minimum Gasteiger partial charge on any atom is -0.319 e. The first-order valence-corrected chi connectivity index (χ1v) is 12.0. The Morgan fingerprint density at radius 2 is 1.84 bits per heavy atom. The fourth-order valence-electron chi connectivity index (χ4n) is 3.65. The number of carbonyl (C=O) groups excluding carboxylic acids is 2. The number of ketones is 1. The third-order valence-corrected chi connectivity index (χ3v) is 7.87. The summed E-state index contributed by atoms with van der Waals surface area (Å²) in [5.74, 6) is -5.51. The van der Waals surface area contributed by atoms with Gasteiger partial charge in [-0.3, -0.25) is 9.59 Å². The maximum atomic E-state index is 13.2. The molecule has 1 heterocycles. The van der Waals surface area contributed by atoms with Gasteiger partial charge in [-0.05, 0) is 35.9 Å². The molecule has 164 valence electrons. The molecule has 1 aliphatic carbocycles. The predicted molar refractivity (Wildman–Crippen MR) is 114 cm³/mol. The minimum absolute atomic E-state index is 0.0364. The Kier molecular flexibility index (Phi) is 5.51. The van der Waals surface area contributed by atoms with Crippen molar-refractivity contribution in [2.45, 2.75) is 36.2 Å². The zero-order valence-corrected chi connectivity index (χ0v) is 18.6. The van der Waals surface area contributed by atoms with Crippen LogP contribution in [-0.4, -0.2) is 37.8 Å². The Morgan fingerprint density at radius 3 is 2.45 bits per heavy atom. The SMILES string of the molecule is N[C@H]1CS(=O)(=O)c2ccc(C(=O)CC3CC3(F)F)cc2N(Cc2ccc(Br)cc2)C1=O. The summed E-state index contributed by atoms with van der Waals surface area (Å²) in [4.78, 5) is 26.6. The zero-order valence-electron chi connectivity index (χ0n) is 16.2. The first kappa shape index (κ1) is 22.0. The second kappa shape index (κ2) is 7.75. The number of benzene rings is 2. The van der Waals surface area contributed by atoms with Crippen LogP contribution in [0.2, 0.25) is 0 Å². The topological polar surface area (TPSA) is 97.5 Å². The number of sulfone groups is 1. The van der Waals surface area contributed by atoms with Gasteiger partial charge in [0.05, 0.1) is 28.9 Å². The molecule has 0 spiro atoms. The fourth-order valence-corrected chi connectivity index (χ4v) is 5.47. The molecule has 0 saturated heterocycles. The van der Waals surface area contributed by atoms with Crippen LogP contribution in [0, 0.1) is 5.92 Å². The van der Waals surface area contributed by atoms with Crippen molar-refractivity contribution >= 4 is 43.1 Å². The van der Waals surface area contributed by atoms with Crippen molar-refractivity contribution in [3.63, 3.8) is 0 Å². The average Bonchev–Trinajstić information content (AvgIpc) is 3.32. The lowest BCUT2D eigenvalue weighted by Crippen LogP contribution is -2.45. The van der Waals surface area contributed by atoms with Crippen LogP contribution in [0.3, 0.4) is 0 Å². The van der Waals surface area contributed by atoms with Gasteiger partial charge in [0.1, 0.15) is 0 Å². The van der Waals surface area contributed by atoms with Gasteiger partial charge < -0.3 is 10.6 Å². The van der Waals surface area contributed by atoms with Gasteiger partial charge in [0, 0.05) is 28.8 Å². The zero-order chi connectivity index (χ0) is 22.6. The van der Waals surface area contributed by atoms with Crippen molar-refractivity contribution in [2.75, 3.05) is 10.7 Å². The molecule has 0 aromatic heterocycles. The van der Waals surface area contributed by atoms with Crippen LogP contribution in [0.15, 0.2) is 51.8 Å². The van der Waals surface area contributed by atoms with Gasteiger partial charge in [-0.2, -0.15) is 0 Å². The third-order valence-electron chi connectivity index (χ3n) is 5.53. The van der Waals surface area contributed by atoms with Crippen LogP contribution in [0.4, 0.5) is 14.5 Å². The average molecular weight is 513 g/mol. The van der Waals surface area contributed by atoms with E-state index in [2.05, 4.69) is 15.9 Å². The van der Waals surface area contributed by atoms with Gasteiger partial charge in [-0.15, -0.1) is 0 Å². The summed E-state index contributed by atoms with van der Waals surface area (Å²) >= 11 is 3.33. The van der Waals surface area contributed by atoms with E-state index in [9.17, 15) is 26.8 Å². The Morgan fingerprint density at radius 1 is 1.19 bits per heavy atom. The predicted octanol–water partition coefficient (Wildman–Crippen LogP) is 3.32. The molecule has 1 unspecified atom stereocenters. The van der Waals surface area contributed by atoms with E-state index < -0.39 is 45.2 Å². The highest BCUT2D eigenvalue weighted by Crippen LogP contribution is 2.51. The lowest BCUT2D eigenvalue weighted by atomic mass is 10.0. The van der Waals surface area contributed by atoms with Crippen LogP contribution in [0.1, 0.15) is 28.8 Å². The number of fused-ring (bicyclic) bond motifs is 1. The Labute approximate surface area is 186 Å². The third kappa shape index (κ3) is 4.42. The smallest absolute Gasteiger partial charge is 0.252 e. The van der Waals surface area contributed by atoms with E-state index >= 15 is 0 Å².